The first-order valence-electron chi connectivity index (χ1n) is 12.6. The summed E-state index contributed by atoms with van der Waals surface area (Å²) in [6.45, 7) is 1.35. The first kappa shape index (κ1) is 28.5. The number of benzene rings is 2. The minimum Gasteiger partial charge on any atom is -0.339 e. The minimum absolute atomic E-state index is 0.0734. The van der Waals surface area contributed by atoms with Crippen LogP contribution in [-0.4, -0.2) is 61.5 Å². The maximum Gasteiger partial charge on any atom is 0.421 e. The van der Waals surface area contributed by atoms with E-state index in [1.807, 2.05) is 0 Å². The summed E-state index contributed by atoms with van der Waals surface area (Å²) in [6.07, 6.45) is -2.90. The van der Waals surface area contributed by atoms with Crippen LogP contribution in [0.2, 0.25) is 0 Å². The number of carbonyl (C=O) groups excluding carboxylic acids is 2. The molecule has 15 heteroatoms. The Morgan fingerprint density at radius 3 is 2.39 bits per heavy atom. The van der Waals surface area contributed by atoms with Crippen LogP contribution < -0.4 is 10.6 Å². The molecule has 41 heavy (non-hydrogen) atoms. The fourth-order valence-corrected chi connectivity index (χ4v) is 5.57. The summed E-state index contributed by atoms with van der Waals surface area (Å²) < 4.78 is 53.0. The highest BCUT2D eigenvalue weighted by Gasteiger charge is 2.37. The van der Waals surface area contributed by atoms with Crippen molar-refractivity contribution in [1.82, 2.24) is 19.8 Å². The number of anilines is 4. The molecule has 2 aliphatic heterocycles. The summed E-state index contributed by atoms with van der Waals surface area (Å²) in [7, 11) is -2.72. The molecule has 5 rings (SSSR count). The molecule has 3 aromatic rings. The fraction of sp³-hybridized carbons (Fsp3) is 0.308. The lowest BCUT2D eigenvalue weighted by atomic mass is 10.00. The largest absolute Gasteiger partial charge is 0.421 e. The molecular weight excluding hydrogens is 564 g/mol. The Balaban J connectivity index is 1.48. The van der Waals surface area contributed by atoms with Crippen molar-refractivity contribution in [2.75, 3.05) is 30.8 Å². The van der Waals surface area contributed by atoms with Crippen molar-refractivity contribution in [2.45, 2.75) is 31.7 Å². The lowest BCUT2D eigenvalue weighted by Crippen LogP contribution is -2.28. The molecule has 0 radical (unpaired) electrons. The van der Waals surface area contributed by atoms with Crippen LogP contribution in [0.4, 0.5) is 36.3 Å². The van der Waals surface area contributed by atoms with E-state index in [-0.39, 0.29) is 29.7 Å². The van der Waals surface area contributed by atoms with Gasteiger partial charge in [-0.05, 0) is 48.2 Å². The van der Waals surface area contributed by atoms with E-state index in [4.69, 9.17) is 9.79 Å². The van der Waals surface area contributed by atoms with Gasteiger partial charge in [-0.3, -0.25) is 14.2 Å². The quantitative estimate of drug-likeness (QED) is 0.292. The number of nitrogens with one attached hydrogen (secondary N) is 2. The number of nitrogens with zero attached hydrogens (tertiary/aromatic N) is 4. The smallest absolute Gasteiger partial charge is 0.339 e. The second kappa shape index (κ2) is 10.8. The Morgan fingerprint density at radius 2 is 1.76 bits per heavy atom. The van der Waals surface area contributed by atoms with Gasteiger partial charge in [0.15, 0.2) is 0 Å². The molecule has 0 aliphatic carbocycles. The molecule has 1 saturated heterocycles. The van der Waals surface area contributed by atoms with Crippen molar-refractivity contribution in [1.29, 1.82) is 0 Å². The van der Waals surface area contributed by atoms with Crippen molar-refractivity contribution in [3.8, 4) is 0 Å². The average Bonchev–Trinajstić information content (AvgIpc) is 3.53. The molecule has 0 spiro atoms. The highest BCUT2D eigenvalue weighted by molar-refractivity contribution is 7.50. The van der Waals surface area contributed by atoms with Gasteiger partial charge in [0.25, 0.3) is 11.8 Å². The monoisotopic (exact) mass is 590 g/mol. The van der Waals surface area contributed by atoms with Crippen molar-refractivity contribution in [2.24, 2.45) is 0 Å². The molecule has 2 aliphatic rings. The van der Waals surface area contributed by atoms with Crippen molar-refractivity contribution in [3.05, 3.63) is 70.4 Å². The number of amides is 2. The Hall–Kier alpha value is -4.00. The first-order valence-corrected chi connectivity index (χ1v) is 14.4. The van der Waals surface area contributed by atoms with Crippen LogP contribution in [0, 0.1) is 0 Å². The van der Waals surface area contributed by atoms with Crippen molar-refractivity contribution in [3.63, 3.8) is 0 Å². The van der Waals surface area contributed by atoms with Gasteiger partial charge in [-0.1, -0.05) is 12.1 Å². The maximum atomic E-state index is 13.9. The van der Waals surface area contributed by atoms with Crippen LogP contribution in [0.3, 0.4) is 0 Å². The van der Waals surface area contributed by atoms with Crippen LogP contribution in [0.5, 0.6) is 0 Å². The van der Waals surface area contributed by atoms with Crippen LogP contribution in [0.25, 0.3) is 0 Å². The molecule has 2 aromatic carbocycles. The lowest BCUT2D eigenvalue weighted by molar-refractivity contribution is -0.137. The van der Waals surface area contributed by atoms with E-state index in [1.54, 1.807) is 11.9 Å². The summed E-state index contributed by atoms with van der Waals surface area (Å²) in [5, 5.41) is 5.43. The van der Waals surface area contributed by atoms with Crippen LogP contribution in [0.15, 0.2) is 42.6 Å². The van der Waals surface area contributed by atoms with Gasteiger partial charge in [-0.2, -0.15) is 18.2 Å². The molecule has 4 N–H and O–H groups in total. The van der Waals surface area contributed by atoms with Gasteiger partial charge in [0.05, 0.1) is 17.4 Å². The van der Waals surface area contributed by atoms with Crippen molar-refractivity contribution < 1.29 is 37.1 Å². The lowest BCUT2D eigenvalue weighted by Gasteiger charge is -2.19. The van der Waals surface area contributed by atoms with E-state index in [0.717, 1.165) is 12.8 Å². The second-order valence-corrected chi connectivity index (χ2v) is 11.5. The minimum atomic E-state index is -4.82. The zero-order chi connectivity index (χ0) is 29.5. The summed E-state index contributed by atoms with van der Waals surface area (Å²) in [5.74, 6) is -1.44. The zero-order valence-corrected chi connectivity index (χ0v) is 22.7. The topological polar surface area (TPSA) is 148 Å². The van der Waals surface area contributed by atoms with Gasteiger partial charge < -0.3 is 30.2 Å². The van der Waals surface area contributed by atoms with E-state index in [2.05, 4.69) is 20.6 Å². The normalized spacial score (nSPS) is 15.3. The third kappa shape index (κ3) is 6.19. The van der Waals surface area contributed by atoms with E-state index in [1.165, 1.54) is 41.3 Å². The molecule has 0 saturated carbocycles. The van der Waals surface area contributed by atoms with E-state index < -0.39 is 37.2 Å². The van der Waals surface area contributed by atoms with Gasteiger partial charge in [0.1, 0.15) is 11.4 Å². The molecule has 216 valence electrons. The Labute approximate surface area is 232 Å². The molecule has 2 amide bonds. The number of halogens is 3. The number of hydrogen-bond donors (Lipinski definition) is 4. The maximum absolute atomic E-state index is 13.9. The number of likely N-dealkylation sites (tertiary alicyclic amines) is 1. The number of carbonyl (C=O) groups is 2. The summed E-state index contributed by atoms with van der Waals surface area (Å²) in [4.78, 5) is 55.4. The third-order valence-electron chi connectivity index (χ3n) is 6.84. The Kier molecular flexibility index (Phi) is 7.49. The zero-order valence-electron chi connectivity index (χ0n) is 21.8. The number of hydrogen-bond acceptors (Lipinski definition) is 7. The Bertz CT molecular complexity index is 1550. The summed E-state index contributed by atoms with van der Waals surface area (Å²) >= 11 is 0. The number of fused-ring (bicyclic) bond motifs is 1. The molecular formula is C26H26F3N6O5P. The van der Waals surface area contributed by atoms with E-state index in [0.29, 0.717) is 41.7 Å². The molecule has 1 aromatic heterocycles. The van der Waals surface area contributed by atoms with E-state index in [9.17, 15) is 27.3 Å². The van der Waals surface area contributed by atoms with Gasteiger partial charge in [0, 0.05) is 44.1 Å². The van der Waals surface area contributed by atoms with Crippen LogP contribution in [-0.2, 0) is 23.4 Å². The fourth-order valence-electron chi connectivity index (χ4n) is 4.88. The Morgan fingerprint density at radius 1 is 1.07 bits per heavy atom. The van der Waals surface area contributed by atoms with Crippen molar-refractivity contribution >= 4 is 42.6 Å². The van der Waals surface area contributed by atoms with Gasteiger partial charge in [-0.25, -0.2) is 4.98 Å². The number of aromatic nitrogens is 2. The molecule has 0 unspecified atom stereocenters. The van der Waals surface area contributed by atoms with Crippen LogP contribution >= 0.6 is 7.60 Å². The van der Waals surface area contributed by atoms with Gasteiger partial charge in [-0.15, -0.1) is 0 Å². The average molecular weight is 590 g/mol. The summed E-state index contributed by atoms with van der Waals surface area (Å²) in [5.41, 5.74) is 0.542. The summed E-state index contributed by atoms with van der Waals surface area (Å²) in [6, 6.07) is 8.81. The van der Waals surface area contributed by atoms with E-state index >= 15 is 0 Å². The standard InChI is InChI=1S/C26H26F3N6O5P/c1-34-13-18-17(23(36)35-10-2-3-11-35)8-9-20(21(18)24(34)37)32-22-19(26(27,28)29)12-30-25(33-22)31-16-6-4-15(5-7-16)14-41(38,39)40/h4-9,12H,2-3,10-11,13-14H2,1H3,(H2,38,39,40)(H2,30,31,32,33). The SMILES string of the molecule is CN1Cc2c(C(=O)N3CCCC3)ccc(Nc3nc(Nc4ccc(CP(=O)(O)O)cc4)ncc3C(F)(F)F)c2C1=O. The second-order valence-electron chi connectivity index (χ2n) is 9.90. The molecule has 3 heterocycles. The number of rotatable bonds is 7. The third-order valence-corrected chi connectivity index (χ3v) is 7.62. The molecule has 0 bridgehead atoms. The highest BCUT2D eigenvalue weighted by Crippen LogP contribution is 2.40. The molecule has 0 atom stereocenters. The molecule has 1 fully saturated rings. The highest BCUT2D eigenvalue weighted by atomic mass is 31.2. The first-order chi connectivity index (χ1) is 19.3. The number of alkyl halides is 3. The van der Waals surface area contributed by atoms with Crippen LogP contribution in [0.1, 0.15) is 50.2 Å². The van der Waals surface area contributed by atoms with Gasteiger partial charge in [0.2, 0.25) is 5.95 Å². The molecule has 11 nitrogen and oxygen atoms in total. The predicted molar refractivity (Wildman–Crippen MR) is 143 cm³/mol. The van der Waals surface area contributed by atoms with Gasteiger partial charge >= 0.3 is 13.8 Å². The predicted octanol–water partition coefficient (Wildman–Crippen LogP) is 4.48.